The summed E-state index contributed by atoms with van der Waals surface area (Å²) in [6, 6.07) is 15.2. The number of carbonyl (C=O) groups excluding carboxylic acids is 1. The standard InChI is InChI=1S/C24H21ClN2O2/c1-15(28)21-5-3-4-6-22(21)23-12-19-14-27(16(2)29)24-10-9-20(25)11-17(24)7-8-18(19)13-26-23/h3-13,15,28H,14H2,1-2H3/b8-7-. The molecule has 1 unspecified atom stereocenters. The molecule has 1 aromatic heterocycles. The number of hydrogen-bond donors (Lipinski definition) is 1. The molecule has 1 amide bonds. The highest BCUT2D eigenvalue weighted by atomic mass is 35.5. The van der Waals surface area contributed by atoms with Gasteiger partial charge in [0.15, 0.2) is 0 Å². The molecule has 4 nitrogen and oxygen atoms in total. The highest BCUT2D eigenvalue weighted by Crippen LogP contribution is 2.33. The van der Waals surface area contributed by atoms with Crippen molar-refractivity contribution in [2.24, 2.45) is 0 Å². The molecule has 0 fully saturated rings. The number of amides is 1. The van der Waals surface area contributed by atoms with E-state index in [1.807, 2.05) is 60.8 Å². The number of aliphatic hydroxyl groups is 1. The summed E-state index contributed by atoms with van der Waals surface area (Å²) in [6.07, 6.45) is 5.17. The molecule has 0 saturated heterocycles. The summed E-state index contributed by atoms with van der Waals surface area (Å²) in [7, 11) is 0. The van der Waals surface area contributed by atoms with Crippen molar-refractivity contribution in [2.45, 2.75) is 26.5 Å². The summed E-state index contributed by atoms with van der Waals surface area (Å²) in [5.74, 6) is -0.0439. The van der Waals surface area contributed by atoms with Gasteiger partial charge >= 0.3 is 0 Å². The second-order valence-electron chi connectivity index (χ2n) is 7.17. The summed E-state index contributed by atoms with van der Waals surface area (Å²) < 4.78 is 0. The van der Waals surface area contributed by atoms with Crippen molar-refractivity contribution in [1.29, 1.82) is 0 Å². The van der Waals surface area contributed by atoms with Crippen LogP contribution < -0.4 is 4.90 Å². The average molecular weight is 405 g/mol. The van der Waals surface area contributed by atoms with Crippen LogP contribution in [-0.4, -0.2) is 16.0 Å². The first kappa shape index (κ1) is 19.4. The Morgan fingerprint density at radius 2 is 1.90 bits per heavy atom. The van der Waals surface area contributed by atoms with E-state index in [4.69, 9.17) is 11.6 Å². The van der Waals surface area contributed by atoms with Crippen molar-refractivity contribution in [3.63, 3.8) is 0 Å². The van der Waals surface area contributed by atoms with Crippen LogP contribution in [-0.2, 0) is 11.3 Å². The molecular formula is C24H21ClN2O2. The Balaban J connectivity index is 1.85. The molecule has 146 valence electrons. The molecule has 2 heterocycles. The lowest BCUT2D eigenvalue weighted by Crippen LogP contribution is -2.29. The first-order valence-corrected chi connectivity index (χ1v) is 9.84. The molecule has 0 spiro atoms. The zero-order chi connectivity index (χ0) is 20.5. The summed E-state index contributed by atoms with van der Waals surface area (Å²) in [5, 5.41) is 10.8. The number of aliphatic hydroxyl groups excluding tert-OH is 1. The van der Waals surface area contributed by atoms with Gasteiger partial charge in [0, 0.05) is 23.7 Å². The molecule has 1 atom stereocenters. The molecule has 1 aliphatic rings. The van der Waals surface area contributed by atoms with Crippen molar-refractivity contribution in [3.05, 3.63) is 82.0 Å². The zero-order valence-corrected chi connectivity index (χ0v) is 17.0. The fraction of sp³-hybridized carbons (Fsp3) is 0.167. The minimum absolute atomic E-state index is 0.0439. The SMILES string of the molecule is CC(=O)N1Cc2cc(-c3ccccc3C(C)O)ncc2/C=C\c2cc(Cl)ccc21. The van der Waals surface area contributed by atoms with E-state index in [1.54, 1.807) is 24.8 Å². The summed E-state index contributed by atoms with van der Waals surface area (Å²) >= 11 is 6.16. The number of rotatable bonds is 2. The van der Waals surface area contributed by atoms with E-state index in [9.17, 15) is 9.90 Å². The molecule has 3 aromatic rings. The molecule has 29 heavy (non-hydrogen) atoms. The maximum Gasteiger partial charge on any atom is 0.224 e. The second-order valence-corrected chi connectivity index (χ2v) is 7.61. The third kappa shape index (κ3) is 3.82. The fourth-order valence-electron chi connectivity index (χ4n) is 3.66. The number of benzene rings is 2. The van der Waals surface area contributed by atoms with Gasteiger partial charge in [-0.2, -0.15) is 0 Å². The van der Waals surface area contributed by atoms with Gasteiger partial charge in [0.25, 0.3) is 0 Å². The number of pyridine rings is 1. The monoisotopic (exact) mass is 404 g/mol. The normalized spacial score (nSPS) is 15.0. The number of aromatic nitrogens is 1. The molecule has 1 aliphatic heterocycles. The average Bonchev–Trinajstić information content (AvgIpc) is 2.69. The van der Waals surface area contributed by atoms with Gasteiger partial charge in [-0.15, -0.1) is 0 Å². The lowest BCUT2D eigenvalue weighted by atomic mass is 9.97. The highest BCUT2D eigenvalue weighted by molar-refractivity contribution is 6.30. The van der Waals surface area contributed by atoms with E-state index in [-0.39, 0.29) is 5.91 Å². The Morgan fingerprint density at radius 1 is 1.14 bits per heavy atom. The van der Waals surface area contributed by atoms with E-state index in [2.05, 4.69) is 4.98 Å². The van der Waals surface area contributed by atoms with Crippen molar-refractivity contribution < 1.29 is 9.90 Å². The Morgan fingerprint density at radius 3 is 2.66 bits per heavy atom. The molecular weight excluding hydrogens is 384 g/mol. The zero-order valence-electron chi connectivity index (χ0n) is 16.3. The van der Waals surface area contributed by atoms with Gasteiger partial charge in [-0.1, -0.05) is 48.0 Å². The fourth-order valence-corrected chi connectivity index (χ4v) is 3.84. The maximum absolute atomic E-state index is 12.4. The van der Waals surface area contributed by atoms with Gasteiger partial charge in [0.2, 0.25) is 5.91 Å². The lowest BCUT2D eigenvalue weighted by Gasteiger charge is -2.26. The van der Waals surface area contributed by atoms with E-state index in [0.717, 1.165) is 39.2 Å². The van der Waals surface area contributed by atoms with E-state index >= 15 is 0 Å². The van der Waals surface area contributed by atoms with Crippen LogP contribution in [0.25, 0.3) is 23.4 Å². The maximum atomic E-state index is 12.4. The number of fused-ring (bicyclic) bond motifs is 2. The van der Waals surface area contributed by atoms with Crippen LogP contribution in [0.3, 0.4) is 0 Å². The molecule has 0 radical (unpaired) electrons. The summed E-state index contributed by atoms with van der Waals surface area (Å²) in [4.78, 5) is 18.8. The summed E-state index contributed by atoms with van der Waals surface area (Å²) in [6.45, 7) is 3.74. The quantitative estimate of drug-likeness (QED) is 0.614. The smallest absolute Gasteiger partial charge is 0.224 e. The van der Waals surface area contributed by atoms with Crippen molar-refractivity contribution >= 4 is 35.3 Å². The Hall–Kier alpha value is -2.95. The minimum atomic E-state index is -0.597. The molecule has 0 aliphatic carbocycles. The Labute approximate surface area is 175 Å². The number of halogens is 1. The Kier molecular flexibility index (Phi) is 5.22. The largest absolute Gasteiger partial charge is 0.389 e. The number of nitrogens with zero attached hydrogens (tertiary/aromatic N) is 2. The van der Waals surface area contributed by atoms with Crippen molar-refractivity contribution in [2.75, 3.05) is 4.90 Å². The predicted molar refractivity (Wildman–Crippen MR) is 118 cm³/mol. The third-order valence-electron chi connectivity index (χ3n) is 5.14. The Bertz CT molecular complexity index is 1120. The van der Waals surface area contributed by atoms with Gasteiger partial charge in [-0.05, 0) is 53.4 Å². The van der Waals surface area contributed by atoms with E-state index in [0.29, 0.717) is 11.6 Å². The second kappa shape index (κ2) is 7.82. The van der Waals surface area contributed by atoms with Crippen LogP contribution in [0.15, 0.2) is 54.7 Å². The third-order valence-corrected chi connectivity index (χ3v) is 5.38. The van der Waals surface area contributed by atoms with Crippen LogP contribution in [0.4, 0.5) is 5.69 Å². The van der Waals surface area contributed by atoms with Crippen molar-refractivity contribution in [1.82, 2.24) is 4.98 Å². The van der Waals surface area contributed by atoms with Crippen LogP contribution >= 0.6 is 11.6 Å². The molecule has 0 saturated carbocycles. The topological polar surface area (TPSA) is 53.4 Å². The van der Waals surface area contributed by atoms with Gasteiger partial charge < -0.3 is 10.0 Å². The first-order chi connectivity index (χ1) is 13.9. The molecule has 2 aromatic carbocycles. The van der Waals surface area contributed by atoms with Crippen molar-refractivity contribution in [3.8, 4) is 11.3 Å². The first-order valence-electron chi connectivity index (χ1n) is 9.46. The minimum Gasteiger partial charge on any atom is -0.389 e. The van der Waals surface area contributed by atoms with Crippen LogP contribution in [0.2, 0.25) is 5.02 Å². The highest BCUT2D eigenvalue weighted by Gasteiger charge is 2.20. The van der Waals surface area contributed by atoms with E-state index < -0.39 is 6.10 Å². The van der Waals surface area contributed by atoms with Crippen LogP contribution in [0, 0.1) is 0 Å². The van der Waals surface area contributed by atoms with Gasteiger partial charge in [0.1, 0.15) is 0 Å². The molecule has 5 heteroatoms. The molecule has 0 bridgehead atoms. The molecule has 4 rings (SSSR count). The summed E-state index contributed by atoms with van der Waals surface area (Å²) in [5.41, 5.74) is 6.13. The van der Waals surface area contributed by atoms with E-state index in [1.165, 1.54) is 0 Å². The number of anilines is 1. The van der Waals surface area contributed by atoms with Gasteiger partial charge in [-0.3, -0.25) is 9.78 Å². The van der Waals surface area contributed by atoms with Crippen LogP contribution in [0.5, 0.6) is 0 Å². The number of carbonyl (C=O) groups is 1. The predicted octanol–water partition coefficient (Wildman–Crippen LogP) is 5.49. The van der Waals surface area contributed by atoms with Gasteiger partial charge in [-0.25, -0.2) is 0 Å². The van der Waals surface area contributed by atoms with Crippen LogP contribution in [0.1, 0.15) is 42.2 Å². The number of hydrogen-bond acceptors (Lipinski definition) is 3. The molecule has 1 N–H and O–H groups in total. The van der Waals surface area contributed by atoms with Gasteiger partial charge in [0.05, 0.1) is 24.0 Å². The lowest BCUT2D eigenvalue weighted by molar-refractivity contribution is -0.116.